The van der Waals surface area contributed by atoms with E-state index < -0.39 is 26.5 Å². The molecular weight excluding hydrogens is 689 g/mol. The highest BCUT2D eigenvalue weighted by Crippen LogP contribution is 2.43. The molecule has 0 heterocycles. The van der Waals surface area contributed by atoms with Gasteiger partial charge in [0, 0.05) is 12.8 Å². The van der Waals surface area contributed by atoms with Crippen molar-refractivity contribution in [1.82, 2.24) is 0 Å². The number of nitrogens with zero attached hydrogens (tertiary/aromatic N) is 1. The quantitative estimate of drug-likeness (QED) is 0.0221. The monoisotopic (exact) mass is 767 g/mol. The van der Waals surface area contributed by atoms with Crippen LogP contribution in [0.5, 0.6) is 0 Å². The number of hydrogen-bond acceptors (Lipinski definition) is 7. The van der Waals surface area contributed by atoms with E-state index >= 15 is 0 Å². The highest BCUT2D eigenvalue weighted by molar-refractivity contribution is 7.47. The zero-order valence-electron chi connectivity index (χ0n) is 34.2. The molecule has 0 bridgehead atoms. The molecule has 0 aromatic rings. The predicted octanol–water partition coefficient (Wildman–Crippen LogP) is 11.3. The first-order valence-electron chi connectivity index (χ1n) is 20.5. The summed E-state index contributed by atoms with van der Waals surface area (Å²) in [7, 11) is 1.43. The molecule has 1 unspecified atom stereocenters. The molecule has 1 N–H and O–H groups in total. The Labute approximate surface area is 324 Å². The Morgan fingerprint density at radius 1 is 0.604 bits per heavy atom. The third-order valence-electron chi connectivity index (χ3n) is 8.31. The molecule has 306 valence electrons. The Balaban J connectivity index is 4.52. The van der Waals surface area contributed by atoms with Crippen molar-refractivity contribution in [1.29, 1.82) is 0 Å². The molecule has 0 spiro atoms. The number of phosphoric ester groups is 1. The number of ether oxygens (including phenoxy) is 2. The lowest BCUT2D eigenvalue weighted by atomic mass is 10.0. The summed E-state index contributed by atoms with van der Waals surface area (Å²) in [6.07, 6.45) is 41.3. The van der Waals surface area contributed by atoms with Crippen LogP contribution in [0.1, 0.15) is 149 Å². The van der Waals surface area contributed by atoms with Gasteiger partial charge in [-0.1, -0.05) is 145 Å². The first kappa shape index (κ1) is 50.7. The summed E-state index contributed by atoms with van der Waals surface area (Å²) in [6.45, 7) is 4.22. The van der Waals surface area contributed by atoms with Gasteiger partial charge in [-0.05, 0) is 51.4 Å². The summed E-state index contributed by atoms with van der Waals surface area (Å²) in [4.78, 5) is 35.2. The van der Waals surface area contributed by atoms with Crippen molar-refractivity contribution >= 4 is 19.8 Å². The molecule has 0 aromatic carbocycles. The molecule has 0 aliphatic rings. The smallest absolute Gasteiger partial charge is 0.462 e. The fraction of sp³-hybridized carbons (Fsp3) is 0.721. The first-order chi connectivity index (χ1) is 25.5. The van der Waals surface area contributed by atoms with Gasteiger partial charge in [0.1, 0.15) is 19.8 Å². The number of rotatable bonds is 36. The van der Waals surface area contributed by atoms with E-state index in [1.54, 1.807) is 0 Å². The molecule has 0 saturated carbocycles. The maximum Gasteiger partial charge on any atom is 0.472 e. The highest BCUT2D eigenvalue weighted by atomic mass is 31.2. The molecule has 0 radical (unpaired) electrons. The standard InChI is InChI=1S/C43H76NO8P/c1-6-8-10-12-14-16-18-20-21-22-23-24-26-28-30-32-34-36-43(46)52-41(40-51-53(47,48)50-38-37-44(3,4)5)39-49-42(45)35-33-31-29-27-25-19-17-15-13-11-9-7-2/h8,10,14,16,20-21,23-24,28,30,41H,6-7,9,11-13,15,17-19,22,25-27,29,31-40H2,1-5H3/p+1/b10-8+,16-14+,21-20+,24-23+,30-28+/t41-/m1/s1. The van der Waals surface area contributed by atoms with Crippen LogP contribution >= 0.6 is 7.82 Å². The number of hydrogen-bond donors (Lipinski definition) is 1. The van der Waals surface area contributed by atoms with E-state index in [0.717, 1.165) is 51.4 Å². The van der Waals surface area contributed by atoms with Crippen molar-refractivity contribution in [3.8, 4) is 0 Å². The number of unbranched alkanes of at least 4 members (excludes halogenated alkanes) is 12. The topological polar surface area (TPSA) is 108 Å². The van der Waals surface area contributed by atoms with E-state index in [1.165, 1.54) is 57.8 Å². The van der Waals surface area contributed by atoms with Crippen molar-refractivity contribution in [3.05, 3.63) is 60.8 Å². The van der Waals surface area contributed by atoms with E-state index in [1.807, 2.05) is 27.2 Å². The number of carbonyl (C=O) groups is 2. The van der Waals surface area contributed by atoms with Gasteiger partial charge >= 0.3 is 19.8 Å². The van der Waals surface area contributed by atoms with Crippen LogP contribution in [0.4, 0.5) is 0 Å². The van der Waals surface area contributed by atoms with Crippen LogP contribution in [-0.2, 0) is 32.7 Å². The SMILES string of the molecule is CC/C=C/C/C=C/C/C=C/C/C=C/C/C=C/CCCC(=O)O[C@H](COC(=O)CCCCCCCCCCCCCC)COP(=O)(O)OCC[N+](C)(C)C. The number of quaternary nitrogens is 1. The van der Waals surface area contributed by atoms with Crippen LogP contribution in [0.15, 0.2) is 60.8 Å². The van der Waals surface area contributed by atoms with Crippen LogP contribution in [0.25, 0.3) is 0 Å². The lowest BCUT2D eigenvalue weighted by Crippen LogP contribution is -2.37. The minimum atomic E-state index is -4.39. The Morgan fingerprint density at radius 3 is 1.58 bits per heavy atom. The third-order valence-corrected chi connectivity index (χ3v) is 9.30. The lowest BCUT2D eigenvalue weighted by Gasteiger charge is -2.24. The molecule has 10 heteroatoms. The zero-order chi connectivity index (χ0) is 39.3. The summed E-state index contributed by atoms with van der Waals surface area (Å²) in [5.74, 6) is -0.871. The van der Waals surface area contributed by atoms with Crippen LogP contribution in [0.3, 0.4) is 0 Å². The third kappa shape index (κ3) is 39.2. The molecule has 0 fully saturated rings. The zero-order valence-corrected chi connectivity index (χ0v) is 35.1. The molecule has 0 amide bonds. The average molecular weight is 767 g/mol. The summed E-state index contributed by atoms with van der Waals surface area (Å²) >= 11 is 0. The van der Waals surface area contributed by atoms with Crippen molar-refractivity contribution in [3.63, 3.8) is 0 Å². The Hall–Kier alpha value is -2.29. The second kappa shape index (κ2) is 35.4. The maximum atomic E-state index is 12.6. The van der Waals surface area contributed by atoms with Crippen molar-refractivity contribution in [2.24, 2.45) is 0 Å². The van der Waals surface area contributed by atoms with Crippen LogP contribution < -0.4 is 0 Å². The van der Waals surface area contributed by atoms with Crippen LogP contribution in [0.2, 0.25) is 0 Å². The fourth-order valence-electron chi connectivity index (χ4n) is 5.11. The largest absolute Gasteiger partial charge is 0.472 e. The number of esters is 2. The number of phosphoric acid groups is 1. The molecule has 0 saturated heterocycles. The van der Waals surface area contributed by atoms with Crippen molar-refractivity contribution < 1.29 is 42.1 Å². The van der Waals surface area contributed by atoms with Gasteiger partial charge in [0.15, 0.2) is 6.10 Å². The normalized spacial score (nSPS) is 14.3. The number of carbonyl (C=O) groups excluding carboxylic acids is 2. The first-order valence-corrected chi connectivity index (χ1v) is 22.0. The van der Waals surface area contributed by atoms with Gasteiger partial charge in [-0.2, -0.15) is 0 Å². The van der Waals surface area contributed by atoms with Gasteiger partial charge in [-0.25, -0.2) is 4.57 Å². The summed E-state index contributed by atoms with van der Waals surface area (Å²) in [6, 6.07) is 0. The molecule has 0 rings (SSSR count). The maximum absolute atomic E-state index is 12.6. The second-order valence-corrected chi connectivity index (χ2v) is 16.1. The minimum absolute atomic E-state index is 0.0194. The average Bonchev–Trinajstić information content (AvgIpc) is 3.10. The lowest BCUT2D eigenvalue weighted by molar-refractivity contribution is -0.870. The van der Waals surface area contributed by atoms with Crippen molar-refractivity contribution in [2.45, 2.75) is 155 Å². The van der Waals surface area contributed by atoms with Crippen LogP contribution in [-0.4, -0.2) is 74.9 Å². The van der Waals surface area contributed by atoms with E-state index in [4.69, 9.17) is 18.5 Å². The Morgan fingerprint density at radius 2 is 1.08 bits per heavy atom. The molecule has 53 heavy (non-hydrogen) atoms. The molecule has 9 nitrogen and oxygen atoms in total. The number of allylic oxidation sites excluding steroid dienone is 10. The highest BCUT2D eigenvalue weighted by Gasteiger charge is 2.27. The van der Waals surface area contributed by atoms with Gasteiger partial charge in [-0.3, -0.25) is 18.6 Å². The summed E-state index contributed by atoms with van der Waals surface area (Å²) in [5.41, 5.74) is 0. The van der Waals surface area contributed by atoms with E-state index in [9.17, 15) is 19.0 Å². The van der Waals surface area contributed by atoms with E-state index in [0.29, 0.717) is 23.9 Å². The molecule has 0 aliphatic carbocycles. The Bertz CT molecular complexity index is 1090. The van der Waals surface area contributed by atoms with Gasteiger partial charge < -0.3 is 18.9 Å². The van der Waals surface area contributed by atoms with Gasteiger partial charge in [-0.15, -0.1) is 0 Å². The van der Waals surface area contributed by atoms with E-state index in [-0.39, 0.29) is 32.0 Å². The van der Waals surface area contributed by atoms with Gasteiger partial charge in [0.2, 0.25) is 0 Å². The Kier molecular flexibility index (Phi) is 33.9. The van der Waals surface area contributed by atoms with Crippen LogP contribution in [0, 0.1) is 0 Å². The minimum Gasteiger partial charge on any atom is -0.462 e. The second-order valence-electron chi connectivity index (χ2n) is 14.6. The van der Waals surface area contributed by atoms with Gasteiger partial charge in [0.25, 0.3) is 0 Å². The summed E-state index contributed by atoms with van der Waals surface area (Å²) in [5, 5.41) is 0. The van der Waals surface area contributed by atoms with Gasteiger partial charge in [0.05, 0.1) is 27.7 Å². The summed E-state index contributed by atoms with van der Waals surface area (Å²) < 4.78 is 34.1. The molecule has 2 atom stereocenters. The number of likely N-dealkylation sites (N-methyl/N-ethyl adjacent to an activating group) is 1. The predicted molar refractivity (Wildman–Crippen MR) is 219 cm³/mol. The molecule has 0 aromatic heterocycles. The fourth-order valence-corrected chi connectivity index (χ4v) is 5.85. The molecule has 0 aliphatic heterocycles. The molecular formula is C43H77NO8P+. The van der Waals surface area contributed by atoms with E-state index in [2.05, 4.69) is 68.5 Å². The van der Waals surface area contributed by atoms with Crippen molar-refractivity contribution in [2.75, 3.05) is 47.5 Å².